The lowest BCUT2D eigenvalue weighted by molar-refractivity contribution is 0.830. The van der Waals surface area contributed by atoms with E-state index in [4.69, 9.17) is 16.9 Å². The van der Waals surface area contributed by atoms with Crippen LogP contribution in [-0.2, 0) is 0 Å². The average Bonchev–Trinajstić information content (AvgIpc) is 2.38. The third-order valence-electron chi connectivity index (χ3n) is 2.66. The molecular weight excluding hydrogens is 232 g/mol. The Kier molecular flexibility index (Phi) is 5.59. The average molecular weight is 249 g/mol. The Morgan fingerprint density at radius 3 is 2.82 bits per heavy atom. The van der Waals surface area contributed by atoms with Gasteiger partial charge in [0.1, 0.15) is 0 Å². The molecule has 0 radical (unpaired) electrons. The highest BCUT2D eigenvalue weighted by Gasteiger charge is 2.06. The lowest BCUT2D eigenvalue weighted by Gasteiger charge is -2.12. The van der Waals surface area contributed by atoms with E-state index >= 15 is 0 Å². The van der Waals surface area contributed by atoms with Gasteiger partial charge >= 0.3 is 0 Å². The normalized spacial score (nSPS) is 9.71. The number of anilines is 1. The number of nitrogens with one attached hydrogen (secondary N) is 1. The Morgan fingerprint density at radius 2 is 2.24 bits per heavy atom. The molecule has 0 saturated heterocycles. The Balaban J connectivity index is 2.86. The Morgan fingerprint density at radius 1 is 1.47 bits per heavy atom. The summed E-state index contributed by atoms with van der Waals surface area (Å²) in [6.45, 7) is 4.09. The van der Waals surface area contributed by atoms with Crippen LogP contribution < -0.4 is 5.32 Å². The fourth-order valence-corrected chi connectivity index (χ4v) is 1.88. The number of alkyl halides is 1. The molecule has 17 heavy (non-hydrogen) atoms. The van der Waals surface area contributed by atoms with Crippen molar-refractivity contribution in [1.29, 1.82) is 5.26 Å². The van der Waals surface area contributed by atoms with Crippen LogP contribution in [0.4, 0.5) is 5.69 Å². The van der Waals surface area contributed by atoms with Gasteiger partial charge in [0.2, 0.25) is 0 Å². The Hall–Kier alpha value is -1.46. The first kappa shape index (κ1) is 13.6. The molecule has 0 heterocycles. The fraction of sp³-hybridized carbons (Fsp3) is 0.357. The lowest BCUT2D eigenvalue weighted by atomic mass is 9.98. The highest BCUT2D eigenvalue weighted by Crippen LogP contribution is 2.27. The second-order valence-electron chi connectivity index (χ2n) is 3.87. The minimum atomic E-state index is 0.664. The van der Waals surface area contributed by atoms with Gasteiger partial charge in [0.05, 0.1) is 11.6 Å². The zero-order chi connectivity index (χ0) is 12.7. The second kappa shape index (κ2) is 6.98. The maximum absolute atomic E-state index is 8.90. The SMILES string of the molecule is C=C(CCCCCl)c1cc(C#N)ccc1NC. The number of benzene rings is 1. The van der Waals surface area contributed by atoms with Crippen molar-refractivity contribution >= 4 is 22.9 Å². The number of allylic oxidation sites excluding steroid dienone is 1. The molecule has 0 aliphatic heterocycles. The van der Waals surface area contributed by atoms with Gasteiger partial charge in [-0.3, -0.25) is 0 Å². The summed E-state index contributed by atoms with van der Waals surface area (Å²) in [4.78, 5) is 0. The van der Waals surface area contributed by atoms with Crippen molar-refractivity contribution in [3.8, 4) is 6.07 Å². The number of rotatable bonds is 6. The molecule has 2 nitrogen and oxygen atoms in total. The molecule has 0 atom stereocenters. The molecule has 0 aromatic heterocycles. The Labute approximate surface area is 108 Å². The van der Waals surface area contributed by atoms with Gasteiger partial charge in [0, 0.05) is 24.2 Å². The van der Waals surface area contributed by atoms with Gasteiger partial charge in [0.15, 0.2) is 0 Å². The summed E-state index contributed by atoms with van der Waals surface area (Å²) < 4.78 is 0. The van der Waals surface area contributed by atoms with Crippen molar-refractivity contribution in [3.63, 3.8) is 0 Å². The number of nitrogens with zero attached hydrogens (tertiary/aromatic N) is 1. The minimum Gasteiger partial charge on any atom is -0.388 e. The van der Waals surface area contributed by atoms with Crippen molar-refractivity contribution in [2.45, 2.75) is 19.3 Å². The molecule has 1 aromatic carbocycles. The summed E-state index contributed by atoms with van der Waals surface area (Å²) in [5.74, 6) is 0.685. The molecule has 0 unspecified atom stereocenters. The van der Waals surface area contributed by atoms with Gasteiger partial charge in [-0.05, 0) is 43.0 Å². The predicted molar refractivity (Wildman–Crippen MR) is 74.3 cm³/mol. The van der Waals surface area contributed by atoms with E-state index in [1.165, 1.54) is 0 Å². The molecule has 1 N–H and O–H groups in total. The third kappa shape index (κ3) is 3.80. The summed E-state index contributed by atoms with van der Waals surface area (Å²) in [5.41, 5.74) is 3.76. The van der Waals surface area contributed by atoms with Crippen LogP contribution >= 0.6 is 11.6 Å². The van der Waals surface area contributed by atoms with Gasteiger partial charge in [-0.1, -0.05) is 6.58 Å². The molecule has 0 bridgehead atoms. The van der Waals surface area contributed by atoms with E-state index in [9.17, 15) is 0 Å². The minimum absolute atomic E-state index is 0.664. The van der Waals surface area contributed by atoms with E-state index < -0.39 is 0 Å². The van der Waals surface area contributed by atoms with E-state index in [1.807, 2.05) is 19.2 Å². The van der Waals surface area contributed by atoms with Gasteiger partial charge in [-0.2, -0.15) is 5.26 Å². The fourth-order valence-electron chi connectivity index (χ4n) is 1.69. The highest BCUT2D eigenvalue weighted by molar-refractivity contribution is 6.17. The largest absolute Gasteiger partial charge is 0.388 e. The van der Waals surface area contributed by atoms with Crippen LogP contribution in [0.3, 0.4) is 0 Å². The zero-order valence-electron chi connectivity index (χ0n) is 10.1. The lowest BCUT2D eigenvalue weighted by Crippen LogP contribution is -1.96. The standard InChI is InChI=1S/C14H17ClN2/c1-11(5-3-4-8-15)13-9-12(10-16)6-7-14(13)17-2/h6-7,9,17H,1,3-5,8H2,2H3. The van der Waals surface area contributed by atoms with E-state index in [2.05, 4.69) is 18.0 Å². The van der Waals surface area contributed by atoms with Gasteiger partial charge < -0.3 is 5.32 Å². The van der Waals surface area contributed by atoms with Gasteiger partial charge in [-0.25, -0.2) is 0 Å². The van der Waals surface area contributed by atoms with Gasteiger partial charge in [-0.15, -0.1) is 11.6 Å². The van der Waals surface area contributed by atoms with Crippen LogP contribution in [0.5, 0.6) is 0 Å². The molecule has 0 spiro atoms. The van der Waals surface area contributed by atoms with Crippen molar-refractivity contribution in [2.75, 3.05) is 18.2 Å². The van der Waals surface area contributed by atoms with Crippen LogP contribution in [0.1, 0.15) is 30.4 Å². The van der Waals surface area contributed by atoms with E-state index in [0.29, 0.717) is 11.4 Å². The molecule has 0 aliphatic carbocycles. The number of hydrogen-bond acceptors (Lipinski definition) is 2. The maximum Gasteiger partial charge on any atom is 0.0991 e. The molecule has 0 saturated carbocycles. The van der Waals surface area contributed by atoms with E-state index in [-0.39, 0.29) is 0 Å². The third-order valence-corrected chi connectivity index (χ3v) is 2.93. The molecule has 0 amide bonds. The summed E-state index contributed by atoms with van der Waals surface area (Å²) in [7, 11) is 1.87. The van der Waals surface area contributed by atoms with Crippen LogP contribution in [0.15, 0.2) is 24.8 Å². The Bertz CT molecular complexity index is 432. The number of hydrogen-bond donors (Lipinski definition) is 1. The summed E-state index contributed by atoms with van der Waals surface area (Å²) in [6, 6.07) is 7.76. The van der Waals surface area contributed by atoms with Crippen LogP contribution in [0.25, 0.3) is 5.57 Å². The smallest absolute Gasteiger partial charge is 0.0991 e. The maximum atomic E-state index is 8.90. The molecule has 90 valence electrons. The number of halogens is 1. The highest BCUT2D eigenvalue weighted by atomic mass is 35.5. The van der Waals surface area contributed by atoms with Crippen molar-refractivity contribution in [3.05, 3.63) is 35.9 Å². The topological polar surface area (TPSA) is 35.8 Å². The van der Waals surface area contributed by atoms with Crippen LogP contribution in [0, 0.1) is 11.3 Å². The molecule has 1 aromatic rings. The first-order valence-corrected chi connectivity index (χ1v) is 6.22. The summed E-state index contributed by atoms with van der Waals surface area (Å²) in [6.07, 6.45) is 2.94. The molecule has 0 fully saturated rings. The monoisotopic (exact) mass is 248 g/mol. The predicted octanol–water partition coefficient (Wildman–Crippen LogP) is 4.02. The molecular formula is C14H17ClN2. The molecule has 0 aliphatic rings. The van der Waals surface area contributed by atoms with Crippen LogP contribution in [-0.4, -0.2) is 12.9 Å². The second-order valence-corrected chi connectivity index (χ2v) is 4.25. The number of nitriles is 1. The van der Waals surface area contributed by atoms with E-state index in [0.717, 1.165) is 36.1 Å². The van der Waals surface area contributed by atoms with Gasteiger partial charge in [0.25, 0.3) is 0 Å². The molecule has 1 rings (SSSR count). The summed E-state index contributed by atoms with van der Waals surface area (Å²) in [5, 5.41) is 12.0. The van der Waals surface area contributed by atoms with Crippen molar-refractivity contribution in [1.82, 2.24) is 0 Å². The number of unbranched alkanes of at least 4 members (excludes halogenated alkanes) is 1. The molecule has 3 heteroatoms. The first-order chi connectivity index (χ1) is 8.22. The van der Waals surface area contributed by atoms with Crippen LogP contribution in [0.2, 0.25) is 0 Å². The van der Waals surface area contributed by atoms with Crippen molar-refractivity contribution < 1.29 is 0 Å². The summed E-state index contributed by atoms with van der Waals surface area (Å²) >= 11 is 5.65. The zero-order valence-corrected chi connectivity index (χ0v) is 10.8. The van der Waals surface area contributed by atoms with Crippen molar-refractivity contribution in [2.24, 2.45) is 0 Å². The van der Waals surface area contributed by atoms with E-state index in [1.54, 1.807) is 6.07 Å². The quantitative estimate of drug-likeness (QED) is 0.610. The first-order valence-electron chi connectivity index (χ1n) is 5.69.